The fourth-order valence-electron chi connectivity index (χ4n) is 3.30. The van der Waals surface area contributed by atoms with E-state index in [-0.39, 0.29) is 18.2 Å². The van der Waals surface area contributed by atoms with Gasteiger partial charge in [0.15, 0.2) is 29.1 Å². The first-order valence-corrected chi connectivity index (χ1v) is 7.07. The molecule has 2 atom stereocenters. The van der Waals surface area contributed by atoms with E-state index in [0.717, 1.165) is 0 Å². The number of halogens is 4. The molecule has 2 unspecified atom stereocenters. The van der Waals surface area contributed by atoms with Crippen LogP contribution < -0.4 is 0 Å². The molecule has 2 aliphatic heterocycles. The molecule has 2 fully saturated rings. The van der Waals surface area contributed by atoms with Crippen LogP contribution in [-0.4, -0.2) is 43.0 Å². The van der Waals surface area contributed by atoms with Gasteiger partial charge in [-0.2, -0.15) is 0 Å². The maximum Gasteiger partial charge on any atom is 0.172 e. The first kappa shape index (κ1) is 15.4. The Hall–Kier alpha value is -1.47. The number of morpholine rings is 1. The number of carbonyl (C=O) groups is 1. The average molecular weight is 317 g/mol. The van der Waals surface area contributed by atoms with Crippen molar-refractivity contribution in [2.45, 2.75) is 24.9 Å². The number of benzene rings is 1. The van der Waals surface area contributed by atoms with Gasteiger partial charge in [-0.25, -0.2) is 17.6 Å². The number of rotatable bonds is 2. The molecule has 2 aliphatic rings. The number of fused-ring (bicyclic) bond motifs is 2. The molecule has 2 heterocycles. The van der Waals surface area contributed by atoms with Crippen molar-refractivity contribution in [1.29, 1.82) is 0 Å². The van der Waals surface area contributed by atoms with Gasteiger partial charge in [0.1, 0.15) is 0 Å². The van der Waals surface area contributed by atoms with E-state index in [0.29, 0.717) is 26.1 Å². The van der Waals surface area contributed by atoms with E-state index >= 15 is 0 Å². The molecule has 2 saturated heterocycles. The molecular formula is C15H15F4NO2. The van der Waals surface area contributed by atoms with E-state index in [4.69, 9.17) is 4.74 Å². The summed E-state index contributed by atoms with van der Waals surface area (Å²) in [5, 5.41) is 0. The zero-order valence-corrected chi connectivity index (χ0v) is 11.9. The van der Waals surface area contributed by atoms with Crippen LogP contribution in [0.5, 0.6) is 0 Å². The van der Waals surface area contributed by atoms with Crippen LogP contribution in [-0.2, 0) is 4.74 Å². The summed E-state index contributed by atoms with van der Waals surface area (Å²) in [6, 6.07) is 0.0375. The van der Waals surface area contributed by atoms with E-state index < -0.39 is 40.5 Å². The molecule has 0 radical (unpaired) electrons. The van der Waals surface area contributed by atoms with Crippen LogP contribution in [0.3, 0.4) is 0 Å². The maximum absolute atomic E-state index is 13.8. The fraction of sp³-hybridized carbons (Fsp3) is 0.533. The molecule has 1 aromatic carbocycles. The lowest BCUT2D eigenvalue weighted by Crippen LogP contribution is -2.55. The van der Waals surface area contributed by atoms with Crippen molar-refractivity contribution in [2.75, 3.05) is 20.3 Å². The lowest BCUT2D eigenvalue weighted by atomic mass is 9.80. The number of Topliss-reactive ketones (excluding diaryl/α,β-unsaturated/α-hetero) is 1. The summed E-state index contributed by atoms with van der Waals surface area (Å²) >= 11 is 0. The van der Waals surface area contributed by atoms with Gasteiger partial charge >= 0.3 is 0 Å². The van der Waals surface area contributed by atoms with Gasteiger partial charge in [0.25, 0.3) is 0 Å². The molecule has 0 amide bonds. The predicted octanol–water partition coefficient (Wildman–Crippen LogP) is 2.53. The zero-order valence-electron chi connectivity index (χ0n) is 11.9. The van der Waals surface area contributed by atoms with Crippen molar-refractivity contribution in [3.8, 4) is 0 Å². The second-order valence-corrected chi connectivity index (χ2v) is 5.89. The monoisotopic (exact) mass is 317 g/mol. The van der Waals surface area contributed by atoms with E-state index in [1.165, 1.54) is 0 Å². The summed E-state index contributed by atoms with van der Waals surface area (Å²) in [7, 11) is 1.90. The third-order valence-electron chi connectivity index (χ3n) is 4.61. The Kier molecular flexibility index (Phi) is 3.94. The fourth-order valence-corrected chi connectivity index (χ4v) is 3.30. The third-order valence-corrected chi connectivity index (χ3v) is 4.61. The summed E-state index contributed by atoms with van der Waals surface area (Å²) in [6.45, 7) is 0.860. The summed E-state index contributed by atoms with van der Waals surface area (Å²) in [5.41, 5.74) is -1.11. The van der Waals surface area contributed by atoms with Crippen LogP contribution >= 0.6 is 0 Å². The molecule has 7 heteroatoms. The van der Waals surface area contributed by atoms with Crippen LogP contribution in [0.25, 0.3) is 0 Å². The highest BCUT2D eigenvalue weighted by atomic mass is 19.2. The Bertz CT molecular complexity index is 582. The number of hydrogen-bond acceptors (Lipinski definition) is 3. The zero-order chi connectivity index (χ0) is 16.0. The smallest absolute Gasteiger partial charge is 0.172 e. The normalized spacial score (nSPS) is 28.7. The Morgan fingerprint density at radius 1 is 1.09 bits per heavy atom. The van der Waals surface area contributed by atoms with Gasteiger partial charge in [-0.05, 0) is 19.9 Å². The number of ether oxygens (including phenoxy) is 1. The highest BCUT2D eigenvalue weighted by Crippen LogP contribution is 2.34. The van der Waals surface area contributed by atoms with Gasteiger partial charge in [-0.15, -0.1) is 0 Å². The Balaban J connectivity index is 1.92. The number of piperidine rings is 1. The maximum atomic E-state index is 13.8. The molecule has 22 heavy (non-hydrogen) atoms. The highest BCUT2D eigenvalue weighted by Gasteiger charge is 2.41. The quantitative estimate of drug-likeness (QED) is 0.477. The number of nitrogens with zero attached hydrogens (tertiary/aromatic N) is 1. The standard InChI is InChI=1S/C15H15F4NO2/c1-20-8-2-7(3-9(20)6-22-5-8)15(21)12-13(18)10(16)4-11(17)14(12)19/h4,7-9H,2-3,5-6H2,1H3. The van der Waals surface area contributed by atoms with Gasteiger partial charge in [0.05, 0.1) is 18.8 Å². The first-order valence-electron chi connectivity index (χ1n) is 7.07. The van der Waals surface area contributed by atoms with Gasteiger partial charge < -0.3 is 4.74 Å². The van der Waals surface area contributed by atoms with Gasteiger partial charge in [-0.1, -0.05) is 0 Å². The average Bonchev–Trinajstić information content (AvgIpc) is 2.45. The minimum Gasteiger partial charge on any atom is -0.378 e. The molecule has 0 aliphatic carbocycles. The van der Waals surface area contributed by atoms with Crippen LogP contribution in [0, 0.1) is 29.2 Å². The molecular weight excluding hydrogens is 302 g/mol. The van der Waals surface area contributed by atoms with Crippen molar-refractivity contribution < 1.29 is 27.1 Å². The number of likely N-dealkylation sites (N-methyl/N-ethyl adjacent to an activating group) is 1. The second-order valence-electron chi connectivity index (χ2n) is 5.89. The molecule has 3 rings (SSSR count). The molecule has 0 N–H and O–H groups in total. The van der Waals surface area contributed by atoms with Crippen molar-refractivity contribution in [3.63, 3.8) is 0 Å². The highest BCUT2D eigenvalue weighted by molar-refractivity contribution is 5.98. The molecule has 3 nitrogen and oxygen atoms in total. The summed E-state index contributed by atoms with van der Waals surface area (Å²) in [6.07, 6.45) is 0.700. The molecule has 0 spiro atoms. The van der Waals surface area contributed by atoms with Crippen LogP contribution in [0.15, 0.2) is 6.07 Å². The van der Waals surface area contributed by atoms with Crippen LogP contribution in [0.4, 0.5) is 17.6 Å². The third kappa shape index (κ3) is 2.42. The van der Waals surface area contributed by atoms with Crippen molar-refractivity contribution in [2.24, 2.45) is 5.92 Å². The Morgan fingerprint density at radius 2 is 1.59 bits per heavy atom. The topological polar surface area (TPSA) is 29.5 Å². The lowest BCUT2D eigenvalue weighted by Gasteiger charge is -2.46. The summed E-state index contributed by atoms with van der Waals surface area (Å²) < 4.78 is 59.5. The van der Waals surface area contributed by atoms with Crippen molar-refractivity contribution >= 4 is 5.78 Å². The van der Waals surface area contributed by atoms with Gasteiger partial charge in [-0.3, -0.25) is 9.69 Å². The summed E-state index contributed by atoms with van der Waals surface area (Å²) in [5.74, 6) is -7.90. The SMILES string of the molecule is CN1C2COCC1CC(C(=O)c1c(F)c(F)cc(F)c1F)C2. The second kappa shape index (κ2) is 5.62. The molecule has 0 aromatic heterocycles. The number of hydrogen-bond donors (Lipinski definition) is 0. The van der Waals surface area contributed by atoms with Crippen molar-refractivity contribution in [1.82, 2.24) is 4.90 Å². The molecule has 120 valence electrons. The summed E-state index contributed by atoms with van der Waals surface area (Å²) in [4.78, 5) is 14.5. The van der Waals surface area contributed by atoms with E-state index in [2.05, 4.69) is 4.90 Å². The van der Waals surface area contributed by atoms with E-state index in [1.807, 2.05) is 7.05 Å². The Labute approximate surface area is 124 Å². The molecule has 1 aromatic rings. The van der Waals surface area contributed by atoms with Crippen LogP contribution in [0.2, 0.25) is 0 Å². The molecule has 0 saturated carbocycles. The predicted molar refractivity (Wildman–Crippen MR) is 69.5 cm³/mol. The molecule has 2 bridgehead atoms. The number of carbonyl (C=O) groups excluding carboxylic acids is 1. The minimum atomic E-state index is -1.62. The minimum absolute atomic E-state index is 0.0361. The van der Waals surface area contributed by atoms with E-state index in [1.54, 1.807) is 0 Å². The lowest BCUT2D eigenvalue weighted by molar-refractivity contribution is -0.0703. The number of ketones is 1. The first-order chi connectivity index (χ1) is 10.4. The largest absolute Gasteiger partial charge is 0.378 e. The Morgan fingerprint density at radius 3 is 2.09 bits per heavy atom. The van der Waals surface area contributed by atoms with Gasteiger partial charge in [0, 0.05) is 24.1 Å². The van der Waals surface area contributed by atoms with Crippen molar-refractivity contribution in [3.05, 3.63) is 34.9 Å². The van der Waals surface area contributed by atoms with E-state index in [9.17, 15) is 22.4 Å². The van der Waals surface area contributed by atoms with Gasteiger partial charge in [0.2, 0.25) is 0 Å². The van der Waals surface area contributed by atoms with Crippen LogP contribution in [0.1, 0.15) is 23.2 Å².